The average molecular weight is 328 g/mol. The van der Waals surface area contributed by atoms with Crippen LogP contribution in [0.1, 0.15) is 17.8 Å². The molecular weight excluding hydrogens is 312 g/mol. The van der Waals surface area contributed by atoms with E-state index in [-0.39, 0.29) is 10.6 Å². The molecule has 0 bridgehead atoms. The van der Waals surface area contributed by atoms with Gasteiger partial charge in [0.25, 0.3) is 5.69 Å². The Morgan fingerprint density at radius 3 is 2.91 bits per heavy atom. The van der Waals surface area contributed by atoms with Gasteiger partial charge in [-0.15, -0.1) is 11.3 Å². The Kier molecular flexibility index (Phi) is 4.77. The summed E-state index contributed by atoms with van der Waals surface area (Å²) < 4.78 is 0. The molecule has 3 rings (SSSR count). The minimum Gasteiger partial charge on any atom is -0.379 e. The van der Waals surface area contributed by atoms with Gasteiger partial charge in [-0.3, -0.25) is 15.1 Å². The Labute approximate surface area is 137 Å². The van der Waals surface area contributed by atoms with E-state index >= 15 is 0 Å². The van der Waals surface area contributed by atoms with E-state index in [1.165, 1.54) is 0 Å². The fourth-order valence-corrected chi connectivity index (χ4v) is 3.16. The van der Waals surface area contributed by atoms with Crippen LogP contribution in [0.3, 0.4) is 0 Å². The van der Waals surface area contributed by atoms with Crippen LogP contribution in [0.4, 0.5) is 11.4 Å². The molecule has 0 unspecified atom stereocenters. The van der Waals surface area contributed by atoms with Crippen LogP contribution in [0.15, 0.2) is 42.2 Å². The fourth-order valence-electron chi connectivity index (χ4n) is 2.49. The summed E-state index contributed by atoms with van der Waals surface area (Å²) in [5.41, 5.74) is 0.674. The van der Waals surface area contributed by atoms with Gasteiger partial charge in [0, 0.05) is 35.9 Å². The molecule has 0 saturated heterocycles. The molecule has 0 spiro atoms. The lowest BCUT2D eigenvalue weighted by atomic mass is 10.1. The van der Waals surface area contributed by atoms with Gasteiger partial charge in [-0.25, -0.2) is 4.98 Å². The highest BCUT2D eigenvalue weighted by Crippen LogP contribution is 2.32. The maximum Gasteiger partial charge on any atom is 0.300 e. The van der Waals surface area contributed by atoms with Crippen LogP contribution >= 0.6 is 11.3 Å². The van der Waals surface area contributed by atoms with Gasteiger partial charge >= 0.3 is 0 Å². The van der Waals surface area contributed by atoms with Gasteiger partial charge in [0.2, 0.25) is 0 Å². The van der Waals surface area contributed by atoms with Crippen LogP contribution in [0.2, 0.25) is 0 Å². The Bertz CT molecular complexity index is 805. The van der Waals surface area contributed by atoms with Gasteiger partial charge in [-0.05, 0) is 31.4 Å². The number of rotatable bonds is 7. The van der Waals surface area contributed by atoms with Crippen molar-refractivity contribution in [2.24, 2.45) is 0 Å². The molecule has 0 aliphatic carbocycles. The number of thiazole rings is 1. The number of unbranched alkanes of at least 4 members (excludes halogenated alkanes) is 1. The van der Waals surface area contributed by atoms with Crippen LogP contribution in [0, 0.1) is 10.1 Å². The van der Waals surface area contributed by atoms with Gasteiger partial charge in [0.15, 0.2) is 0 Å². The zero-order chi connectivity index (χ0) is 16.1. The third-order valence-electron chi connectivity index (χ3n) is 3.59. The molecule has 2 aromatic heterocycles. The smallest absolute Gasteiger partial charge is 0.300 e. The van der Waals surface area contributed by atoms with E-state index in [0.717, 1.165) is 29.7 Å². The molecule has 118 valence electrons. The summed E-state index contributed by atoms with van der Waals surface area (Å²) in [6.07, 6.45) is 7.92. The molecule has 6 nitrogen and oxygen atoms in total. The van der Waals surface area contributed by atoms with Crippen molar-refractivity contribution in [1.29, 1.82) is 0 Å². The molecule has 0 amide bonds. The topological polar surface area (TPSA) is 81.0 Å². The summed E-state index contributed by atoms with van der Waals surface area (Å²) in [5.74, 6) is 0. The van der Waals surface area contributed by atoms with Crippen LogP contribution in [0.25, 0.3) is 10.8 Å². The third-order valence-corrected chi connectivity index (χ3v) is 4.43. The fraction of sp³-hybridized carbons (Fsp3) is 0.250. The Hall–Kier alpha value is -2.54. The highest BCUT2D eigenvalue weighted by Gasteiger charge is 2.17. The summed E-state index contributed by atoms with van der Waals surface area (Å²) in [5, 5.41) is 19.1. The van der Waals surface area contributed by atoms with Crippen molar-refractivity contribution in [3.05, 3.63) is 57.3 Å². The molecule has 0 saturated carbocycles. The lowest BCUT2D eigenvalue weighted by Crippen LogP contribution is -2.05. The monoisotopic (exact) mass is 328 g/mol. The second-order valence-electron chi connectivity index (χ2n) is 5.13. The van der Waals surface area contributed by atoms with Crippen LogP contribution < -0.4 is 5.32 Å². The van der Waals surface area contributed by atoms with Crippen molar-refractivity contribution >= 4 is 33.5 Å². The summed E-state index contributed by atoms with van der Waals surface area (Å²) in [6, 6.07) is 5.29. The van der Waals surface area contributed by atoms with Crippen LogP contribution in [0.5, 0.6) is 0 Å². The number of nitro benzene ring substituents is 1. The molecule has 23 heavy (non-hydrogen) atoms. The molecule has 1 aromatic carbocycles. The largest absolute Gasteiger partial charge is 0.379 e. The van der Waals surface area contributed by atoms with Gasteiger partial charge in [-0.2, -0.15) is 0 Å². The van der Waals surface area contributed by atoms with E-state index in [1.54, 1.807) is 35.9 Å². The molecule has 0 aliphatic heterocycles. The molecule has 2 heterocycles. The van der Waals surface area contributed by atoms with Crippen molar-refractivity contribution in [2.75, 3.05) is 11.9 Å². The molecule has 0 radical (unpaired) electrons. The standard InChI is InChI=1S/C16H16N4O2S/c21-20(22)16-13-6-8-17-11-12(13)4-5-14(16)18-7-2-1-3-15-19-9-10-23-15/h4-6,8-11,18H,1-3,7H2. The average Bonchev–Trinajstić information content (AvgIpc) is 3.07. The molecule has 0 fully saturated rings. The van der Waals surface area contributed by atoms with E-state index in [2.05, 4.69) is 15.3 Å². The van der Waals surface area contributed by atoms with Crippen molar-refractivity contribution < 1.29 is 4.92 Å². The first-order chi connectivity index (χ1) is 11.3. The van der Waals surface area contributed by atoms with Gasteiger partial charge in [-0.1, -0.05) is 6.07 Å². The number of nitrogens with one attached hydrogen (secondary N) is 1. The number of aryl methyl sites for hydroxylation is 1. The number of anilines is 1. The highest BCUT2D eigenvalue weighted by atomic mass is 32.1. The van der Waals surface area contributed by atoms with E-state index in [1.807, 2.05) is 17.6 Å². The van der Waals surface area contributed by atoms with Crippen molar-refractivity contribution in [3.63, 3.8) is 0 Å². The molecule has 1 N–H and O–H groups in total. The quantitative estimate of drug-likeness (QED) is 0.402. The number of nitro groups is 1. The number of pyridine rings is 1. The van der Waals surface area contributed by atoms with E-state index in [4.69, 9.17) is 0 Å². The number of aromatic nitrogens is 2. The summed E-state index contributed by atoms with van der Waals surface area (Å²) in [7, 11) is 0. The van der Waals surface area contributed by atoms with Gasteiger partial charge in [0.1, 0.15) is 5.69 Å². The zero-order valence-corrected chi connectivity index (χ0v) is 13.3. The number of hydrogen-bond acceptors (Lipinski definition) is 6. The summed E-state index contributed by atoms with van der Waals surface area (Å²) in [4.78, 5) is 19.3. The lowest BCUT2D eigenvalue weighted by Gasteiger charge is -2.08. The lowest BCUT2D eigenvalue weighted by molar-refractivity contribution is -0.382. The second-order valence-corrected chi connectivity index (χ2v) is 6.10. The van der Waals surface area contributed by atoms with Gasteiger partial charge in [0.05, 0.1) is 15.3 Å². The zero-order valence-electron chi connectivity index (χ0n) is 12.4. The van der Waals surface area contributed by atoms with E-state index < -0.39 is 0 Å². The van der Waals surface area contributed by atoms with Crippen LogP contribution in [-0.2, 0) is 6.42 Å². The predicted molar refractivity (Wildman–Crippen MR) is 91.9 cm³/mol. The van der Waals surface area contributed by atoms with Crippen molar-refractivity contribution in [2.45, 2.75) is 19.3 Å². The molecule has 0 atom stereocenters. The number of benzene rings is 1. The van der Waals surface area contributed by atoms with E-state index in [0.29, 0.717) is 17.6 Å². The Balaban J connectivity index is 1.65. The van der Waals surface area contributed by atoms with Crippen LogP contribution in [-0.4, -0.2) is 21.4 Å². The summed E-state index contributed by atoms with van der Waals surface area (Å²) in [6.45, 7) is 0.697. The predicted octanol–water partition coefficient (Wildman–Crippen LogP) is 4.03. The van der Waals surface area contributed by atoms with Crippen molar-refractivity contribution in [3.8, 4) is 0 Å². The second kappa shape index (κ2) is 7.15. The third kappa shape index (κ3) is 3.62. The van der Waals surface area contributed by atoms with E-state index in [9.17, 15) is 10.1 Å². The molecule has 3 aromatic rings. The number of hydrogen-bond donors (Lipinski definition) is 1. The Morgan fingerprint density at radius 2 is 2.13 bits per heavy atom. The minimum atomic E-state index is -0.333. The molecular formula is C16H16N4O2S. The normalized spacial score (nSPS) is 10.8. The number of nitrogens with zero attached hydrogens (tertiary/aromatic N) is 3. The summed E-state index contributed by atoms with van der Waals surface area (Å²) >= 11 is 1.66. The SMILES string of the molecule is O=[N+]([O-])c1c(NCCCCc2nccs2)ccc2cnccc12. The maximum absolute atomic E-state index is 11.4. The maximum atomic E-state index is 11.4. The molecule has 0 aliphatic rings. The molecule has 7 heteroatoms. The Morgan fingerprint density at radius 1 is 1.22 bits per heavy atom. The first kappa shape index (κ1) is 15.4. The minimum absolute atomic E-state index is 0.116. The first-order valence-corrected chi connectivity index (χ1v) is 8.27. The highest BCUT2D eigenvalue weighted by molar-refractivity contribution is 7.09. The first-order valence-electron chi connectivity index (χ1n) is 7.39. The van der Waals surface area contributed by atoms with Crippen molar-refractivity contribution in [1.82, 2.24) is 9.97 Å². The number of fused-ring (bicyclic) bond motifs is 1. The van der Waals surface area contributed by atoms with Gasteiger partial charge < -0.3 is 5.32 Å².